The van der Waals surface area contributed by atoms with Crippen LogP contribution in [-0.2, 0) is 6.54 Å². The second kappa shape index (κ2) is 7.00. The lowest BCUT2D eigenvalue weighted by atomic mass is 10.0. The highest BCUT2D eigenvalue weighted by atomic mass is 16.5. The molecule has 7 heteroatoms. The van der Waals surface area contributed by atoms with E-state index < -0.39 is 0 Å². The van der Waals surface area contributed by atoms with Crippen LogP contribution in [0, 0.1) is 5.92 Å². The summed E-state index contributed by atoms with van der Waals surface area (Å²) in [7, 11) is 2.13. The van der Waals surface area contributed by atoms with Gasteiger partial charge in [-0.1, -0.05) is 18.2 Å². The molecule has 1 aliphatic rings. The van der Waals surface area contributed by atoms with Gasteiger partial charge in [-0.15, -0.1) is 0 Å². The van der Waals surface area contributed by atoms with E-state index in [9.17, 15) is 0 Å². The molecular formula is C22H24N6O. The van der Waals surface area contributed by atoms with E-state index in [2.05, 4.69) is 52.2 Å². The van der Waals surface area contributed by atoms with E-state index in [-0.39, 0.29) is 0 Å². The first-order chi connectivity index (χ1) is 14.1. The van der Waals surface area contributed by atoms with E-state index in [1.807, 2.05) is 17.7 Å². The predicted molar refractivity (Wildman–Crippen MR) is 115 cm³/mol. The van der Waals surface area contributed by atoms with E-state index >= 15 is 0 Å². The summed E-state index contributed by atoms with van der Waals surface area (Å²) in [6, 6.07) is 12.4. The van der Waals surface area contributed by atoms with Crippen LogP contribution in [0.4, 0.5) is 5.82 Å². The maximum Gasteiger partial charge on any atom is 0.163 e. The van der Waals surface area contributed by atoms with E-state index in [1.54, 1.807) is 0 Å². The summed E-state index contributed by atoms with van der Waals surface area (Å²) < 4.78 is 7.60. The quantitative estimate of drug-likeness (QED) is 0.565. The van der Waals surface area contributed by atoms with Crippen LogP contribution >= 0.6 is 0 Å². The lowest BCUT2D eigenvalue weighted by Gasteiger charge is -2.36. The molecule has 0 spiro atoms. The molecule has 0 saturated carbocycles. The molecule has 2 N–H and O–H groups in total. The predicted octanol–water partition coefficient (Wildman–Crippen LogP) is 3.19. The van der Waals surface area contributed by atoms with Gasteiger partial charge in [0.15, 0.2) is 5.65 Å². The average molecular weight is 388 g/mol. The summed E-state index contributed by atoms with van der Waals surface area (Å²) in [5, 5.41) is 8.00. The SMILES string of the molecule is CCOc1ccc2cc(-c3nn(CC4CN(C)C4)c4ncnc(N)c34)ccc2c1. The first-order valence-electron chi connectivity index (χ1n) is 9.95. The molecule has 29 heavy (non-hydrogen) atoms. The van der Waals surface area contributed by atoms with Gasteiger partial charge in [0, 0.05) is 31.1 Å². The van der Waals surface area contributed by atoms with Crippen LogP contribution in [0.3, 0.4) is 0 Å². The van der Waals surface area contributed by atoms with Gasteiger partial charge in [0.1, 0.15) is 23.6 Å². The molecule has 4 aromatic rings. The van der Waals surface area contributed by atoms with Crippen LogP contribution in [0.25, 0.3) is 33.1 Å². The van der Waals surface area contributed by atoms with Gasteiger partial charge in [0.2, 0.25) is 0 Å². The number of nitrogens with zero attached hydrogens (tertiary/aromatic N) is 5. The lowest BCUT2D eigenvalue weighted by Crippen LogP contribution is -2.45. The first-order valence-corrected chi connectivity index (χ1v) is 9.95. The van der Waals surface area contributed by atoms with Crippen molar-refractivity contribution in [1.29, 1.82) is 0 Å². The van der Waals surface area contributed by atoms with Crippen LogP contribution < -0.4 is 10.5 Å². The number of aromatic nitrogens is 4. The second-order valence-electron chi connectivity index (χ2n) is 7.73. The van der Waals surface area contributed by atoms with Crippen molar-refractivity contribution in [2.45, 2.75) is 13.5 Å². The molecular weight excluding hydrogens is 364 g/mol. The van der Waals surface area contributed by atoms with Gasteiger partial charge in [-0.05, 0) is 42.9 Å². The topological polar surface area (TPSA) is 82.1 Å². The zero-order valence-corrected chi connectivity index (χ0v) is 16.7. The molecule has 1 fully saturated rings. The lowest BCUT2D eigenvalue weighted by molar-refractivity contribution is 0.117. The molecule has 1 aliphatic heterocycles. The molecule has 0 radical (unpaired) electrons. The summed E-state index contributed by atoms with van der Waals surface area (Å²) in [5.41, 5.74) is 8.89. The Labute approximate surface area is 169 Å². The van der Waals surface area contributed by atoms with Crippen molar-refractivity contribution in [3.63, 3.8) is 0 Å². The van der Waals surface area contributed by atoms with Gasteiger partial charge < -0.3 is 15.4 Å². The average Bonchev–Trinajstić information content (AvgIpc) is 3.07. The Bertz CT molecular complexity index is 1190. The summed E-state index contributed by atoms with van der Waals surface area (Å²) in [4.78, 5) is 11.0. The largest absolute Gasteiger partial charge is 0.494 e. The molecule has 1 saturated heterocycles. The van der Waals surface area contributed by atoms with Crippen LogP contribution in [0.2, 0.25) is 0 Å². The summed E-state index contributed by atoms with van der Waals surface area (Å²) in [6.07, 6.45) is 1.52. The zero-order chi connectivity index (χ0) is 20.0. The number of ether oxygens (including phenoxy) is 1. The molecule has 2 aromatic carbocycles. The fraction of sp³-hybridized carbons (Fsp3) is 0.318. The third kappa shape index (κ3) is 3.17. The molecule has 0 amide bonds. The summed E-state index contributed by atoms with van der Waals surface area (Å²) >= 11 is 0. The Hall–Kier alpha value is -3.19. The fourth-order valence-corrected chi connectivity index (χ4v) is 4.18. The van der Waals surface area contributed by atoms with E-state index in [4.69, 9.17) is 15.6 Å². The maximum absolute atomic E-state index is 6.24. The maximum atomic E-state index is 6.24. The minimum absolute atomic E-state index is 0.466. The number of hydrogen-bond acceptors (Lipinski definition) is 6. The Balaban J connectivity index is 1.59. The van der Waals surface area contributed by atoms with Crippen LogP contribution in [0.15, 0.2) is 42.7 Å². The van der Waals surface area contributed by atoms with Crippen molar-refractivity contribution < 1.29 is 4.74 Å². The molecule has 0 atom stereocenters. The van der Waals surface area contributed by atoms with Crippen molar-refractivity contribution in [1.82, 2.24) is 24.6 Å². The molecule has 0 unspecified atom stereocenters. The number of hydrogen-bond donors (Lipinski definition) is 1. The number of nitrogen functional groups attached to an aromatic ring is 1. The van der Waals surface area contributed by atoms with E-state index in [1.165, 1.54) is 6.33 Å². The van der Waals surface area contributed by atoms with Crippen LogP contribution in [-0.4, -0.2) is 51.4 Å². The minimum atomic E-state index is 0.466. The van der Waals surface area contributed by atoms with Crippen LogP contribution in [0.1, 0.15) is 6.92 Å². The Morgan fingerprint density at radius 2 is 1.90 bits per heavy atom. The first kappa shape index (κ1) is 17.9. The Morgan fingerprint density at radius 1 is 1.10 bits per heavy atom. The van der Waals surface area contributed by atoms with Crippen molar-refractivity contribution in [2.75, 3.05) is 32.5 Å². The van der Waals surface area contributed by atoms with Crippen LogP contribution in [0.5, 0.6) is 5.75 Å². The smallest absolute Gasteiger partial charge is 0.163 e. The Morgan fingerprint density at radius 3 is 2.69 bits per heavy atom. The molecule has 5 rings (SSSR count). The number of nitrogens with two attached hydrogens (primary N) is 1. The number of anilines is 1. The molecule has 2 aromatic heterocycles. The highest BCUT2D eigenvalue weighted by molar-refractivity contribution is 6.00. The molecule has 3 heterocycles. The second-order valence-corrected chi connectivity index (χ2v) is 7.73. The molecule has 0 bridgehead atoms. The third-order valence-electron chi connectivity index (χ3n) is 5.53. The van der Waals surface area contributed by atoms with Gasteiger partial charge in [0.25, 0.3) is 0 Å². The highest BCUT2D eigenvalue weighted by Crippen LogP contribution is 2.33. The van der Waals surface area contributed by atoms with E-state index in [0.29, 0.717) is 18.3 Å². The molecule has 148 valence electrons. The third-order valence-corrected chi connectivity index (χ3v) is 5.53. The van der Waals surface area contributed by atoms with Gasteiger partial charge in [-0.25, -0.2) is 14.6 Å². The van der Waals surface area contributed by atoms with E-state index in [0.717, 1.165) is 58.4 Å². The summed E-state index contributed by atoms with van der Waals surface area (Å²) in [6.45, 7) is 5.64. The molecule has 7 nitrogen and oxygen atoms in total. The highest BCUT2D eigenvalue weighted by Gasteiger charge is 2.26. The fourth-order valence-electron chi connectivity index (χ4n) is 4.18. The van der Waals surface area contributed by atoms with Gasteiger partial charge in [-0.2, -0.15) is 5.10 Å². The van der Waals surface area contributed by atoms with Crippen molar-refractivity contribution in [2.24, 2.45) is 5.92 Å². The van der Waals surface area contributed by atoms with Gasteiger partial charge in [0.05, 0.1) is 12.0 Å². The Kier molecular flexibility index (Phi) is 4.32. The standard InChI is InChI=1S/C22H24N6O/c1-3-29-18-7-6-15-8-17(5-4-16(15)9-18)20-19-21(23)24-13-25-22(19)28(26-20)12-14-10-27(2)11-14/h4-9,13-14H,3,10-12H2,1-2H3,(H2,23,24,25). The van der Waals surface area contributed by atoms with Gasteiger partial charge >= 0.3 is 0 Å². The zero-order valence-electron chi connectivity index (χ0n) is 16.7. The van der Waals surface area contributed by atoms with Crippen molar-refractivity contribution in [3.05, 3.63) is 42.7 Å². The number of benzene rings is 2. The van der Waals surface area contributed by atoms with Crippen molar-refractivity contribution in [3.8, 4) is 17.0 Å². The van der Waals surface area contributed by atoms with Gasteiger partial charge in [-0.3, -0.25) is 0 Å². The summed E-state index contributed by atoms with van der Waals surface area (Å²) in [5.74, 6) is 1.93. The number of fused-ring (bicyclic) bond motifs is 2. The van der Waals surface area contributed by atoms with Crippen molar-refractivity contribution >= 4 is 27.6 Å². The molecule has 0 aliphatic carbocycles. The minimum Gasteiger partial charge on any atom is -0.494 e. The number of likely N-dealkylation sites (tertiary alicyclic amines) is 1. The number of rotatable bonds is 5. The monoisotopic (exact) mass is 388 g/mol. The normalized spacial score (nSPS) is 15.1.